The van der Waals surface area contributed by atoms with Crippen molar-refractivity contribution in [3.63, 3.8) is 0 Å². The molecule has 2 heterocycles. The molecule has 0 aliphatic carbocycles. The second-order valence-corrected chi connectivity index (χ2v) is 6.05. The van der Waals surface area contributed by atoms with Crippen LogP contribution in [-0.4, -0.2) is 30.6 Å². The monoisotopic (exact) mass is 317 g/mol. The van der Waals surface area contributed by atoms with Gasteiger partial charge in [-0.2, -0.15) is 0 Å². The molecule has 1 aromatic rings. The molecule has 1 saturated heterocycles. The summed E-state index contributed by atoms with van der Waals surface area (Å²) < 4.78 is 6.02. The highest BCUT2D eigenvalue weighted by atomic mass is 79.9. The maximum absolute atomic E-state index is 11.7. The molecular weight excluding hydrogens is 302 g/mol. The molecule has 0 saturated carbocycles. The highest BCUT2D eigenvalue weighted by Gasteiger charge is 2.29. The van der Waals surface area contributed by atoms with E-state index in [0.29, 0.717) is 0 Å². The van der Waals surface area contributed by atoms with Gasteiger partial charge in [0.25, 0.3) is 0 Å². The molecule has 0 N–H and O–H groups in total. The lowest BCUT2D eigenvalue weighted by Gasteiger charge is -2.33. The van der Waals surface area contributed by atoms with E-state index in [1.807, 2.05) is 0 Å². The standard InChI is InChI=1S/C12H16BrNO2S/c1-16-12(15)10-4-2-3-6-14(10)8-11-9(13)5-7-17-11/h5,7,10H,2-4,6,8H2,1H3. The zero-order valence-electron chi connectivity index (χ0n) is 9.82. The summed E-state index contributed by atoms with van der Waals surface area (Å²) in [5.74, 6) is -0.0996. The predicted molar refractivity (Wildman–Crippen MR) is 72.1 cm³/mol. The van der Waals surface area contributed by atoms with Gasteiger partial charge >= 0.3 is 5.97 Å². The van der Waals surface area contributed by atoms with E-state index in [0.717, 1.165) is 36.8 Å². The topological polar surface area (TPSA) is 29.5 Å². The summed E-state index contributed by atoms with van der Waals surface area (Å²) in [6.45, 7) is 1.81. The van der Waals surface area contributed by atoms with E-state index in [1.54, 1.807) is 11.3 Å². The lowest BCUT2D eigenvalue weighted by molar-refractivity contribution is -0.148. The molecule has 94 valence electrons. The van der Waals surface area contributed by atoms with Gasteiger partial charge in [-0.3, -0.25) is 9.69 Å². The lowest BCUT2D eigenvalue weighted by atomic mass is 10.0. The molecule has 0 radical (unpaired) electrons. The lowest BCUT2D eigenvalue weighted by Crippen LogP contribution is -2.44. The Morgan fingerprint density at radius 1 is 1.65 bits per heavy atom. The van der Waals surface area contributed by atoms with Crippen molar-refractivity contribution in [1.82, 2.24) is 4.90 Å². The minimum absolute atomic E-state index is 0.0669. The van der Waals surface area contributed by atoms with Crippen LogP contribution in [0.5, 0.6) is 0 Å². The third-order valence-corrected chi connectivity index (χ3v) is 5.04. The first-order chi connectivity index (χ1) is 8.22. The number of esters is 1. The van der Waals surface area contributed by atoms with Crippen LogP contribution in [-0.2, 0) is 16.1 Å². The summed E-state index contributed by atoms with van der Waals surface area (Å²) in [5, 5.41) is 2.07. The van der Waals surface area contributed by atoms with Gasteiger partial charge in [0.2, 0.25) is 0 Å². The van der Waals surface area contributed by atoms with Gasteiger partial charge in [-0.25, -0.2) is 0 Å². The molecule has 1 aliphatic heterocycles. The van der Waals surface area contributed by atoms with Gasteiger partial charge in [0.1, 0.15) is 6.04 Å². The van der Waals surface area contributed by atoms with Gasteiger partial charge in [-0.15, -0.1) is 11.3 Å². The average Bonchev–Trinajstić information content (AvgIpc) is 2.75. The fourth-order valence-corrected chi connectivity index (χ4v) is 3.71. The quantitative estimate of drug-likeness (QED) is 0.802. The summed E-state index contributed by atoms with van der Waals surface area (Å²) in [4.78, 5) is 15.2. The molecule has 17 heavy (non-hydrogen) atoms. The molecule has 1 unspecified atom stereocenters. The van der Waals surface area contributed by atoms with Crippen LogP contribution in [0.4, 0.5) is 0 Å². The molecule has 0 aromatic carbocycles. The first kappa shape index (κ1) is 13.1. The number of hydrogen-bond donors (Lipinski definition) is 0. The number of rotatable bonds is 3. The van der Waals surface area contributed by atoms with E-state index in [1.165, 1.54) is 12.0 Å². The van der Waals surface area contributed by atoms with Crippen molar-refractivity contribution < 1.29 is 9.53 Å². The van der Waals surface area contributed by atoms with Crippen molar-refractivity contribution in [2.24, 2.45) is 0 Å². The maximum Gasteiger partial charge on any atom is 0.323 e. The molecule has 1 fully saturated rings. The van der Waals surface area contributed by atoms with Gasteiger partial charge in [-0.1, -0.05) is 6.42 Å². The maximum atomic E-state index is 11.7. The van der Waals surface area contributed by atoms with E-state index < -0.39 is 0 Å². The van der Waals surface area contributed by atoms with Crippen LogP contribution in [0.15, 0.2) is 15.9 Å². The molecule has 5 heteroatoms. The summed E-state index contributed by atoms with van der Waals surface area (Å²) in [7, 11) is 1.47. The van der Waals surface area contributed by atoms with Gasteiger partial charge in [0.05, 0.1) is 7.11 Å². The summed E-state index contributed by atoms with van der Waals surface area (Å²) in [5.41, 5.74) is 0. The minimum atomic E-state index is -0.0996. The van der Waals surface area contributed by atoms with Gasteiger partial charge < -0.3 is 4.74 Å². The Bertz CT molecular complexity index is 394. The molecule has 0 bridgehead atoms. The van der Waals surface area contributed by atoms with E-state index in [-0.39, 0.29) is 12.0 Å². The number of hydrogen-bond acceptors (Lipinski definition) is 4. The fraction of sp³-hybridized carbons (Fsp3) is 0.583. The molecule has 2 rings (SSSR count). The Morgan fingerprint density at radius 3 is 3.12 bits per heavy atom. The van der Waals surface area contributed by atoms with E-state index in [9.17, 15) is 4.79 Å². The van der Waals surface area contributed by atoms with Crippen molar-refractivity contribution in [3.8, 4) is 0 Å². The molecule has 1 aliphatic rings. The number of halogens is 1. The summed E-state index contributed by atoms with van der Waals surface area (Å²) in [6.07, 6.45) is 3.19. The molecule has 0 amide bonds. The van der Waals surface area contributed by atoms with Gasteiger partial charge in [0.15, 0.2) is 0 Å². The number of carbonyl (C=O) groups excluding carboxylic acids is 1. The van der Waals surface area contributed by atoms with Crippen LogP contribution < -0.4 is 0 Å². The number of thiophene rings is 1. The number of carbonyl (C=O) groups is 1. The van der Waals surface area contributed by atoms with Crippen LogP contribution in [0.1, 0.15) is 24.1 Å². The highest BCUT2D eigenvalue weighted by molar-refractivity contribution is 9.10. The van der Waals surface area contributed by atoms with Crippen LogP contribution in [0.3, 0.4) is 0 Å². The Labute approximate surface area is 114 Å². The Kier molecular flexibility index (Phi) is 4.59. The number of piperidine rings is 1. The Balaban J connectivity index is 2.06. The number of likely N-dealkylation sites (tertiary alicyclic amines) is 1. The predicted octanol–water partition coefficient (Wildman–Crippen LogP) is 3.04. The molecular formula is C12H16BrNO2S. The minimum Gasteiger partial charge on any atom is -0.468 e. The number of ether oxygens (including phenoxy) is 1. The highest BCUT2D eigenvalue weighted by Crippen LogP contribution is 2.27. The molecule has 1 aromatic heterocycles. The van der Waals surface area contributed by atoms with E-state index in [2.05, 4.69) is 32.3 Å². The zero-order chi connectivity index (χ0) is 12.3. The Morgan fingerprint density at radius 2 is 2.47 bits per heavy atom. The van der Waals surface area contributed by atoms with Crippen LogP contribution >= 0.6 is 27.3 Å². The first-order valence-electron chi connectivity index (χ1n) is 5.76. The largest absolute Gasteiger partial charge is 0.468 e. The first-order valence-corrected chi connectivity index (χ1v) is 7.43. The normalized spacial score (nSPS) is 21.4. The second-order valence-electron chi connectivity index (χ2n) is 4.20. The summed E-state index contributed by atoms with van der Waals surface area (Å²) >= 11 is 5.26. The Hall–Kier alpha value is -0.390. The van der Waals surface area contributed by atoms with Crippen molar-refractivity contribution in [2.75, 3.05) is 13.7 Å². The number of nitrogens with zero attached hydrogens (tertiary/aromatic N) is 1. The van der Waals surface area contributed by atoms with Crippen molar-refractivity contribution >= 4 is 33.2 Å². The second kappa shape index (κ2) is 5.98. The smallest absolute Gasteiger partial charge is 0.323 e. The number of methoxy groups -OCH3 is 1. The van der Waals surface area contributed by atoms with Crippen LogP contribution in [0.25, 0.3) is 0 Å². The van der Waals surface area contributed by atoms with Gasteiger partial charge in [-0.05, 0) is 46.8 Å². The summed E-state index contributed by atoms with van der Waals surface area (Å²) in [6, 6.07) is 1.99. The molecule has 1 atom stereocenters. The third-order valence-electron chi connectivity index (χ3n) is 3.12. The van der Waals surface area contributed by atoms with Crippen molar-refractivity contribution in [3.05, 3.63) is 20.8 Å². The molecule has 0 spiro atoms. The third kappa shape index (κ3) is 3.09. The van der Waals surface area contributed by atoms with Crippen LogP contribution in [0.2, 0.25) is 0 Å². The van der Waals surface area contributed by atoms with E-state index in [4.69, 9.17) is 4.74 Å². The van der Waals surface area contributed by atoms with Crippen LogP contribution in [0, 0.1) is 0 Å². The van der Waals surface area contributed by atoms with E-state index >= 15 is 0 Å². The van der Waals surface area contributed by atoms with Gasteiger partial charge in [0, 0.05) is 15.9 Å². The average molecular weight is 318 g/mol. The molecule has 3 nitrogen and oxygen atoms in total. The fourth-order valence-electron chi connectivity index (χ4n) is 2.21. The van der Waals surface area contributed by atoms with Crippen molar-refractivity contribution in [2.45, 2.75) is 31.8 Å². The zero-order valence-corrected chi connectivity index (χ0v) is 12.2. The van der Waals surface area contributed by atoms with Crippen molar-refractivity contribution in [1.29, 1.82) is 0 Å². The SMILES string of the molecule is COC(=O)C1CCCCN1Cc1sccc1Br.